The minimum absolute atomic E-state index is 0.111. The lowest BCUT2D eigenvalue weighted by molar-refractivity contribution is 0.142. The Balaban J connectivity index is 2.45. The molecule has 1 aliphatic rings. The van der Waals surface area contributed by atoms with Crippen LogP contribution in [0.4, 0.5) is 0 Å². The third kappa shape index (κ3) is 2.48. The van der Waals surface area contributed by atoms with Gasteiger partial charge in [0.2, 0.25) is 0 Å². The summed E-state index contributed by atoms with van der Waals surface area (Å²) in [6, 6.07) is 7.33. The Labute approximate surface area is 125 Å². The van der Waals surface area contributed by atoms with Crippen molar-refractivity contribution in [1.82, 2.24) is 0 Å². The van der Waals surface area contributed by atoms with Crippen LogP contribution in [0.25, 0.3) is 0 Å². The minimum Gasteiger partial charge on any atom is -0.384 e. The Kier molecular flexibility index (Phi) is 4.44. The Bertz CT molecular complexity index is 590. The zero-order valence-corrected chi connectivity index (χ0v) is 13.2. The number of nitrogens with two attached hydrogens (primary N) is 1. The van der Waals surface area contributed by atoms with Crippen LogP contribution in [-0.2, 0) is 14.6 Å². The van der Waals surface area contributed by atoms with Crippen molar-refractivity contribution < 1.29 is 13.2 Å². The molecule has 1 aromatic rings. The molecular formula is C14H20ClNO3S. The van der Waals surface area contributed by atoms with Crippen molar-refractivity contribution in [3.8, 4) is 0 Å². The van der Waals surface area contributed by atoms with Crippen LogP contribution < -0.4 is 5.73 Å². The van der Waals surface area contributed by atoms with E-state index in [0.29, 0.717) is 11.6 Å². The second-order valence-corrected chi connectivity index (χ2v) is 8.12. The Morgan fingerprint density at radius 3 is 2.65 bits per heavy atom. The summed E-state index contributed by atoms with van der Waals surface area (Å²) >= 11 is 6.01. The lowest BCUT2D eigenvalue weighted by Crippen LogP contribution is -2.28. The van der Waals surface area contributed by atoms with Crippen LogP contribution in [0.3, 0.4) is 0 Å². The fourth-order valence-corrected chi connectivity index (χ4v) is 5.50. The maximum absolute atomic E-state index is 12.3. The van der Waals surface area contributed by atoms with Crippen LogP contribution >= 0.6 is 11.6 Å². The molecule has 3 atom stereocenters. The van der Waals surface area contributed by atoms with Crippen LogP contribution in [0.2, 0.25) is 5.02 Å². The number of ether oxygens (including phenoxy) is 1. The van der Waals surface area contributed by atoms with Crippen molar-refractivity contribution in [3.05, 3.63) is 34.9 Å². The third-order valence-corrected chi connectivity index (χ3v) is 6.73. The number of methoxy groups -OCH3 is 1. The van der Waals surface area contributed by atoms with Crippen LogP contribution in [0.1, 0.15) is 18.4 Å². The highest BCUT2D eigenvalue weighted by molar-refractivity contribution is 7.92. The van der Waals surface area contributed by atoms with Gasteiger partial charge in [0.25, 0.3) is 0 Å². The van der Waals surface area contributed by atoms with Gasteiger partial charge in [0.05, 0.1) is 11.9 Å². The molecule has 1 aliphatic carbocycles. The summed E-state index contributed by atoms with van der Waals surface area (Å²) in [6.07, 6.45) is 0. The van der Waals surface area contributed by atoms with E-state index >= 15 is 0 Å². The fraction of sp³-hybridized carbons (Fsp3) is 0.571. The second-order valence-electron chi connectivity index (χ2n) is 5.28. The summed E-state index contributed by atoms with van der Waals surface area (Å²) in [5, 5.41) is 0.119. The average molecular weight is 318 g/mol. The normalized spacial score (nSPS) is 29.4. The molecule has 0 amide bonds. The van der Waals surface area contributed by atoms with Gasteiger partial charge in [-0.15, -0.1) is 0 Å². The number of halogens is 1. The predicted molar refractivity (Wildman–Crippen MR) is 80.8 cm³/mol. The molecule has 0 aromatic heterocycles. The summed E-state index contributed by atoms with van der Waals surface area (Å²) in [5.41, 5.74) is 6.27. The van der Waals surface area contributed by atoms with Crippen molar-refractivity contribution in [2.24, 2.45) is 11.1 Å². The van der Waals surface area contributed by atoms with Gasteiger partial charge >= 0.3 is 0 Å². The van der Waals surface area contributed by atoms with Gasteiger partial charge in [-0.3, -0.25) is 0 Å². The zero-order valence-electron chi connectivity index (χ0n) is 11.7. The van der Waals surface area contributed by atoms with E-state index in [1.54, 1.807) is 20.1 Å². The molecule has 1 saturated carbocycles. The summed E-state index contributed by atoms with van der Waals surface area (Å²) in [6.45, 7) is 2.28. The minimum atomic E-state index is -3.18. The van der Waals surface area contributed by atoms with E-state index in [1.807, 2.05) is 18.2 Å². The van der Waals surface area contributed by atoms with E-state index in [9.17, 15) is 8.42 Å². The van der Waals surface area contributed by atoms with E-state index in [1.165, 1.54) is 0 Å². The molecule has 112 valence electrons. The zero-order chi connectivity index (χ0) is 15.0. The topological polar surface area (TPSA) is 69.4 Å². The average Bonchev–Trinajstić information content (AvgIpc) is 3.09. The molecule has 4 nitrogen and oxygen atoms in total. The van der Waals surface area contributed by atoms with Crippen molar-refractivity contribution >= 4 is 21.4 Å². The van der Waals surface area contributed by atoms with Gasteiger partial charge in [0.15, 0.2) is 9.84 Å². The van der Waals surface area contributed by atoms with Gasteiger partial charge in [-0.05, 0) is 17.7 Å². The third-order valence-electron chi connectivity index (χ3n) is 4.17. The Hall–Kier alpha value is -0.620. The van der Waals surface area contributed by atoms with E-state index in [-0.39, 0.29) is 18.2 Å². The molecule has 0 aliphatic heterocycles. The quantitative estimate of drug-likeness (QED) is 0.869. The van der Waals surface area contributed by atoms with Crippen molar-refractivity contribution in [1.29, 1.82) is 0 Å². The van der Waals surface area contributed by atoms with E-state index in [0.717, 1.165) is 5.56 Å². The largest absolute Gasteiger partial charge is 0.384 e. The van der Waals surface area contributed by atoms with Gasteiger partial charge in [0.1, 0.15) is 0 Å². The van der Waals surface area contributed by atoms with Crippen LogP contribution in [0.15, 0.2) is 24.3 Å². The van der Waals surface area contributed by atoms with Gasteiger partial charge < -0.3 is 10.5 Å². The molecule has 20 heavy (non-hydrogen) atoms. The number of hydrogen-bond acceptors (Lipinski definition) is 4. The number of rotatable bonds is 6. The molecule has 0 unspecified atom stereocenters. The highest BCUT2D eigenvalue weighted by Crippen LogP contribution is 2.62. The number of benzene rings is 1. The highest BCUT2D eigenvalue weighted by atomic mass is 35.5. The number of hydrogen-bond donors (Lipinski definition) is 1. The first kappa shape index (κ1) is 15.8. The van der Waals surface area contributed by atoms with Crippen LogP contribution in [0, 0.1) is 5.41 Å². The summed E-state index contributed by atoms with van der Waals surface area (Å²) in [5.74, 6) is -0.0312. The van der Waals surface area contributed by atoms with Gasteiger partial charge in [-0.25, -0.2) is 8.42 Å². The summed E-state index contributed by atoms with van der Waals surface area (Å²) in [7, 11) is -1.61. The van der Waals surface area contributed by atoms with Gasteiger partial charge in [0, 0.05) is 35.8 Å². The standard InChI is InChI=1S/C14H20ClNO3S/c1-3-20(17,18)13-12(14(13,8-16)9-19-2)10-5-4-6-11(15)7-10/h4-7,12-13H,3,8-9,16H2,1-2H3/t12-,13+,14-/m1/s1. The molecule has 2 rings (SSSR count). The smallest absolute Gasteiger partial charge is 0.154 e. The molecule has 6 heteroatoms. The Morgan fingerprint density at radius 2 is 2.15 bits per heavy atom. The van der Waals surface area contributed by atoms with Gasteiger partial charge in [-0.2, -0.15) is 0 Å². The molecular weight excluding hydrogens is 298 g/mol. The molecule has 0 saturated heterocycles. The maximum atomic E-state index is 12.3. The molecule has 2 N–H and O–H groups in total. The van der Waals surface area contributed by atoms with E-state index in [4.69, 9.17) is 22.1 Å². The summed E-state index contributed by atoms with van der Waals surface area (Å²) in [4.78, 5) is 0. The SMILES string of the molecule is CCS(=O)(=O)[C@H]1[C@@H](c2cccc(Cl)c2)[C@@]1(CN)COC. The van der Waals surface area contributed by atoms with Crippen molar-refractivity contribution in [2.75, 3.05) is 26.0 Å². The lowest BCUT2D eigenvalue weighted by Gasteiger charge is -2.14. The first-order chi connectivity index (χ1) is 9.43. The van der Waals surface area contributed by atoms with Gasteiger partial charge in [-0.1, -0.05) is 30.7 Å². The van der Waals surface area contributed by atoms with E-state index in [2.05, 4.69) is 0 Å². The van der Waals surface area contributed by atoms with Crippen LogP contribution in [0.5, 0.6) is 0 Å². The highest BCUT2D eigenvalue weighted by Gasteiger charge is 2.69. The molecule has 0 radical (unpaired) electrons. The summed E-state index contributed by atoms with van der Waals surface area (Å²) < 4.78 is 29.9. The Morgan fingerprint density at radius 1 is 1.45 bits per heavy atom. The van der Waals surface area contributed by atoms with Crippen molar-refractivity contribution in [3.63, 3.8) is 0 Å². The molecule has 0 bridgehead atoms. The van der Waals surface area contributed by atoms with Crippen LogP contribution in [-0.4, -0.2) is 39.7 Å². The molecule has 0 heterocycles. The molecule has 1 fully saturated rings. The first-order valence-corrected chi connectivity index (χ1v) is 8.68. The first-order valence-electron chi connectivity index (χ1n) is 6.59. The predicted octanol–water partition coefficient (Wildman–Crippen LogP) is 1.83. The van der Waals surface area contributed by atoms with E-state index < -0.39 is 20.5 Å². The second kappa shape index (κ2) is 5.64. The fourth-order valence-electron chi connectivity index (χ4n) is 3.15. The van der Waals surface area contributed by atoms with Crippen molar-refractivity contribution in [2.45, 2.75) is 18.1 Å². The molecule has 1 aromatic carbocycles. The number of sulfone groups is 1. The molecule has 0 spiro atoms. The monoisotopic (exact) mass is 317 g/mol. The lowest BCUT2D eigenvalue weighted by atomic mass is 10.00. The maximum Gasteiger partial charge on any atom is 0.154 e.